The van der Waals surface area contributed by atoms with Crippen molar-refractivity contribution in [2.24, 2.45) is 0 Å². The van der Waals surface area contributed by atoms with E-state index < -0.39 is 0 Å². The van der Waals surface area contributed by atoms with E-state index in [2.05, 4.69) is 5.32 Å². The highest BCUT2D eigenvalue weighted by molar-refractivity contribution is 5.98. The second kappa shape index (κ2) is 8.54. The van der Waals surface area contributed by atoms with E-state index in [1.807, 2.05) is 0 Å². The molecule has 1 atom stereocenters. The SMILES string of the molecule is COc1ccc(OC)c(N(CC(=O)NCC2CCCO2)C(C)=O)c1. The van der Waals surface area contributed by atoms with Crippen molar-refractivity contribution in [3.8, 4) is 11.5 Å². The summed E-state index contributed by atoms with van der Waals surface area (Å²) in [7, 11) is 3.05. The molecule has 1 aromatic rings. The van der Waals surface area contributed by atoms with Gasteiger partial charge in [0, 0.05) is 26.1 Å². The van der Waals surface area contributed by atoms with Gasteiger partial charge in [-0.2, -0.15) is 0 Å². The summed E-state index contributed by atoms with van der Waals surface area (Å²) in [5.41, 5.74) is 0.497. The molecule has 1 aliphatic heterocycles. The van der Waals surface area contributed by atoms with Crippen LogP contribution in [0.3, 0.4) is 0 Å². The van der Waals surface area contributed by atoms with Crippen molar-refractivity contribution >= 4 is 17.5 Å². The van der Waals surface area contributed by atoms with Gasteiger partial charge in [0.05, 0.1) is 26.0 Å². The molecule has 1 aromatic carbocycles. The molecule has 0 saturated carbocycles. The summed E-state index contributed by atoms with van der Waals surface area (Å²) in [4.78, 5) is 25.6. The van der Waals surface area contributed by atoms with Crippen LogP contribution in [0.25, 0.3) is 0 Å². The number of rotatable bonds is 7. The molecule has 0 bridgehead atoms. The first kappa shape index (κ1) is 18.1. The molecule has 1 heterocycles. The Bertz CT molecular complexity index is 584. The summed E-state index contributed by atoms with van der Waals surface area (Å²) >= 11 is 0. The number of hydrogen-bond acceptors (Lipinski definition) is 5. The molecule has 1 unspecified atom stereocenters. The molecule has 0 aromatic heterocycles. The van der Waals surface area contributed by atoms with E-state index in [0.29, 0.717) is 23.7 Å². The monoisotopic (exact) mass is 336 g/mol. The molecule has 24 heavy (non-hydrogen) atoms. The van der Waals surface area contributed by atoms with Gasteiger partial charge in [0.15, 0.2) is 0 Å². The van der Waals surface area contributed by atoms with E-state index in [9.17, 15) is 9.59 Å². The highest BCUT2D eigenvalue weighted by Crippen LogP contribution is 2.32. The first-order chi connectivity index (χ1) is 11.5. The van der Waals surface area contributed by atoms with Crippen molar-refractivity contribution < 1.29 is 23.8 Å². The van der Waals surface area contributed by atoms with Crippen LogP contribution in [0, 0.1) is 0 Å². The Labute approximate surface area is 141 Å². The molecule has 1 aliphatic rings. The zero-order chi connectivity index (χ0) is 17.5. The number of benzene rings is 1. The van der Waals surface area contributed by atoms with Crippen LogP contribution < -0.4 is 19.7 Å². The van der Waals surface area contributed by atoms with Gasteiger partial charge < -0.3 is 19.5 Å². The molecule has 1 saturated heterocycles. The third kappa shape index (κ3) is 4.61. The Hall–Kier alpha value is -2.28. The van der Waals surface area contributed by atoms with Crippen molar-refractivity contribution in [3.05, 3.63) is 18.2 Å². The molecule has 1 N–H and O–H groups in total. The molecule has 7 heteroatoms. The van der Waals surface area contributed by atoms with Gasteiger partial charge in [0.2, 0.25) is 11.8 Å². The predicted molar refractivity (Wildman–Crippen MR) is 89.6 cm³/mol. The van der Waals surface area contributed by atoms with Crippen LogP contribution in [-0.2, 0) is 14.3 Å². The Morgan fingerprint density at radius 1 is 1.33 bits per heavy atom. The van der Waals surface area contributed by atoms with Gasteiger partial charge in [0.1, 0.15) is 18.0 Å². The van der Waals surface area contributed by atoms with E-state index in [0.717, 1.165) is 19.4 Å². The topological polar surface area (TPSA) is 77.1 Å². The predicted octanol–water partition coefficient (Wildman–Crippen LogP) is 1.35. The number of amides is 2. The van der Waals surface area contributed by atoms with E-state index in [1.165, 1.54) is 26.0 Å². The normalized spacial score (nSPS) is 16.5. The van der Waals surface area contributed by atoms with Gasteiger partial charge in [-0.05, 0) is 25.0 Å². The zero-order valence-corrected chi connectivity index (χ0v) is 14.3. The number of anilines is 1. The van der Waals surface area contributed by atoms with Gasteiger partial charge in [-0.15, -0.1) is 0 Å². The van der Waals surface area contributed by atoms with Gasteiger partial charge in [-0.1, -0.05) is 0 Å². The van der Waals surface area contributed by atoms with Crippen LogP contribution in [0.15, 0.2) is 18.2 Å². The van der Waals surface area contributed by atoms with E-state index in [1.54, 1.807) is 18.2 Å². The Morgan fingerprint density at radius 2 is 2.12 bits per heavy atom. The summed E-state index contributed by atoms with van der Waals surface area (Å²) in [6, 6.07) is 5.11. The molecule has 0 aliphatic carbocycles. The van der Waals surface area contributed by atoms with Crippen LogP contribution in [0.5, 0.6) is 11.5 Å². The zero-order valence-electron chi connectivity index (χ0n) is 14.3. The van der Waals surface area contributed by atoms with Gasteiger partial charge >= 0.3 is 0 Å². The second-order valence-corrected chi connectivity index (χ2v) is 5.58. The van der Waals surface area contributed by atoms with Crippen molar-refractivity contribution in [1.82, 2.24) is 5.32 Å². The first-order valence-electron chi connectivity index (χ1n) is 7.93. The number of methoxy groups -OCH3 is 2. The Morgan fingerprint density at radius 3 is 2.71 bits per heavy atom. The second-order valence-electron chi connectivity index (χ2n) is 5.58. The molecule has 132 valence electrons. The highest BCUT2D eigenvalue weighted by Gasteiger charge is 2.22. The van der Waals surface area contributed by atoms with Crippen LogP contribution in [0.2, 0.25) is 0 Å². The average molecular weight is 336 g/mol. The lowest BCUT2D eigenvalue weighted by Gasteiger charge is -2.23. The minimum absolute atomic E-state index is 0.0612. The lowest BCUT2D eigenvalue weighted by Crippen LogP contribution is -2.42. The van der Waals surface area contributed by atoms with E-state index in [4.69, 9.17) is 14.2 Å². The van der Waals surface area contributed by atoms with Crippen molar-refractivity contribution in [3.63, 3.8) is 0 Å². The number of carbonyl (C=O) groups excluding carboxylic acids is 2. The quantitative estimate of drug-likeness (QED) is 0.813. The molecule has 2 rings (SSSR count). The molecule has 1 fully saturated rings. The van der Waals surface area contributed by atoms with Crippen molar-refractivity contribution in [1.29, 1.82) is 0 Å². The van der Waals surface area contributed by atoms with Crippen LogP contribution in [-0.4, -0.2) is 51.8 Å². The maximum atomic E-state index is 12.2. The number of carbonyl (C=O) groups is 2. The Kier molecular flexibility index (Phi) is 6.43. The minimum atomic E-state index is -0.256. The lowest BCUT2D eigenvalue weighted by atomic mass is 10.2. The molecule has 0 radical (unpaired) electrons. The van der Waals surface area contributed by atoms with Crippen molar-refractivity contribution in [2.45, 2.75) is 25.9 Å². The third-order valence-corrected chi connectivity index (χ3v) is 3.91. The summed E-state index contributed by atoms with van der Waals surface area (Å²) in [5, 5.41) is 2.82. The molecular weight excluding hydrogens is 312 g/mol. The average Bonchev–Trinajstić information content (AvgIpc) is 3.10. The summed E-state index contributed by atoms with van der Waals surface area (Å²) in [6.45, 7) is 2.51. The summed E-state index contributed by atoms with van der Waals surface area (Å²) < 4.78 is 16.0. The molecule has 7 nitrogen and oxygen atoms in total. The third-order valence-electron chi connectivity index (χ3n) is 3.91. The molecular formula is C17H24N2O5. The van der Waals surface area contributed by atoms with E-state index in [-0.39, 0.29) is 24.5 Å². The van der Waals surface area contributed by atoms with Gasteiger partial charge in [-0.3, -0.25) is 14.5 Å². The standard InChI is InChI=1S/C17H24N2O5/c1-12(20)19(11-17(21)18-10-14-5-4-8-24-14)15-9-13(22-2)6-7-16(15)23-3/h6-7,9,14H,4-5,8,10-11H2,1-3H3,(H,18,21). The minimum Gasteiger partial charge on any atom is -0.497 e. The lowest BCUT2D eigenvalue weighted by molar-refractivity contribution is -0.123. The maximum Gasteiger partial charge on any atom is 0.240 e. The number of nitrogens with one attached hydrogen (secondary N) is 1. The fourth-order valence-electron chi connectivity index (χ4n) is 2.61. The number of hydrogen-bond donors (Lipinski definition) is 1. The first-order valence-corrected chi connectivity index (χ1v) is 7.93. The van der Waals surface area contributed by atoms with Crippen LogP contribution >= 0.6 is 0 Å². The van der Waals surface area contributed by atoms with Crippen LogP contribution in [0.1, 0.15) is 19.8 Å². The number of nitrogens with zero attached hydrogens (tertiary/aromatic N) is 1. The van der Waals surface area contributed by atoms with Crippen molar-refractivity contribution in [2.75, 3.05) is 38.8 Å². The molecule has 0 spiro atoms. The fraction of sp³-hybridized carbons (Fsp3) is 0.529. The van der Waals surface area contributed by atoms with Crippen LogP contribution in [0.4, 0.5) is 5.69 Å². The molecule has 2 amide bonds. The largest absolute Gasteiger partial charge is 0.497 e. The van der Waals surface area contributed by atoms with E-state index >= 15 is 0 Å². The fourth-order valence-corrected chi connectivity index (χ4v) is 2.61. The van der Waals surface area contributed by atoms with Gasteiger partial charge in [-0.25, -0.2) is 0 Å². The summed E-state index contributed by atoms with van der Waals surface area (Å²) in [6.07, 6.45) is 2.02. The Balaban J connectivity index is 2.08. The maximum absolute atomic E-state index is 12.2. The summed E-state index contributed by atoms with van der Waals surface area (Å²) in [5.74, 6) is 0.578. The smallest absolute Gasteiger partial charge is 0.240 e. The number of ether oxygens (including phenoxy) is 3. The highest BCUT2D eigenvalue weighted by atomic mass is 16.5. The van der Waals surface area contributed by atoms with Gasteiger partial charge in [0.25, 0.3) is 0 Å².